The molecule has 0 aliphatic heterocycles. The summed E-state index contributed by atoms with van der Waals surface area (Å²) in [6.07, 6.45) is 1.71. The first-order valence-electron chi connectivity index (χ1n) is 11.0. The number of carbonyl (C=O) groups excluding carboxylic acids is 1. The van der Waals surface area contributed by atoms with E-state index >= 15 is 0 Å². The molecule has 33 heavy (non-hydrogen) atoms. The van der Waals surface area contributed by atoms with E-state index in [0.717, 1.165) is 27.8 Å². The Hall–Kier alpha value is -4.31. The standard InChI is InChI=1S/C29H23N3O/c33-29(32(20-22-11-4-1-5-12-22)21-23-13-6-2-7-14-23)26-19-27(24-15-8-3-9-16-24)31-28-25(26)17-10-18-30-28/h1-19H,20-21H2. The fraction of sp³-hybridized carbons (Fsp3) is 0.0690. The van der Waals surface area contributed by atoms with Crippen molar-refractivity contribution in [3.63, 3.8) is 0 Å². The Morgan fingerprint density at radius 3 is 1.88 bits per heavy atom. The summed E-state index contributed by atoms with van der Waals surface area (Å²) in [4.78, 5) is 25.1. The van der Waals surface area contributed by atoms with Crippen LogP contribution in [0.4, 0.5) is 0 Å². The van der Waals surface area contributed by atoms with Gasteiger partial charge in [-0.25, -0.2) is 9.97 Å². The van der Waals surface area contributed by atoms with Gasteiger partial charge in [0, 0.05) is 30.2 Å². The lowest BCUT2D eigenvalue weighted by Gasteiger charge is -2.24. The minimum Gasteiger partial charge on any atom is -0.330 e. The van der Waals surface area contributed by atoms with Gasteiger partial charge in [0.05, 0.1) is 11.3 Å². The Morgan fingerprint density at radius 1 is 0.697 bits per heavy atom. The zero-order chi connectivity index (χ0) is 22.5. The third kappa shape index (κ3) is 4.65. The summed E-state index contributed by atoms with van der Waals surface area (Å²) in [5.74, 6) is -0.0414. The molecule has 1 amide bonds. The first-order valence-corrected chi connectivity index (χ1v) is 11.0. The fourth-order valence-corrected chi connectivity index (χ4v) is 3.97. The topological polar surface area (TPSA) is 46.1 Å². The third-order valence-electron chi connectivity index (χ3n) is 5.60. The number of fused-ring (bicyclic) bond motifs is 1. The zero-order valence-corrected chi connectivity index (χ0v) is 18.1. The number of rotatable bonds is 6. The van der Waals surface area contributed by atoms with E-state index in [4.69, 9.17) is 4.98 Å². The lowest BCUT2D eigenvalue weighted by molar-refractivity contribution is 0.0732. The second-order valence-corrected chi connectivity index (χ2v) is 7.93. The SMILES string of the molecule is O=C(c1cc(-c2ccccc2)nc2ncccc12)N(Cc1ccccc1)Cc1ccccc1. The summed E-state index contributed by atoms with van der Waals surface area (Å²) >= 11 is 0. The first kappa shape index (κ1) is 20.6. The fourth-order valence-electron chi connectivity index (χ4n) is 3.97. The molecule has 4 heteroatoms. The van der Waals surface area contributed by atoms with Crippen LogP contribution in [0, 0.1) is 0 Å². The highest BCUT2D eigenvalue weighted by atomic mass is 16.2. The van der Waals surface area contributed by atoms with Gasteiger partial charge < -0.3 is 4.90 Å². The molecule has 0 aliphatic carbocycles. The van der Waals surface area contributed by atoms with Gasteiger partial charge in [-0.05, 0) is 29.3 Å². The van der Waals surface area contributed by atoms with E-state index in [2.05, 4.69) is 4.98 Å². The quantitative estimate of drug-likeness (QED) is 0.326. The zero-order valence-electron chi connectivity index (χ0n) is 18.1. The predicted octanol–water partition coefficient (Wildman–Crippen LogP) is 6.14. The molecule has 0 spiro atoms. The summed E-state index contributed by atoms with van der Waals surface area (Å²) in [6, 6.07) is 35.7. The van der Waals surface area contributed by atoms with E-state index < -0.39 is 0 Å². The van der Waals surface area contributed by atoms with Crippen molar-refractivity contribution in [3.8, 4) is 11.3 Å². The lowest BCUT2D eigenvalue weighted by atomic mass is 10.0. The minimum atomic E-state index is -0.0414. The second-order valence-electron chi connectivity index (χ2n) is 7.93. The van der Waals surface area contributed by atoms with Crippen LogP contribution in [0.3, 0.4) is 0 Å². The second kappa shape index (κ2) is 9.45. The molecule has 0 radical (unpaired) electrons. The van der Waals surface area contributed by atoms with Crippen LogP contribution in [0.2, 0.25) is 0 Å². The monoisotopic (exact) mass is 429 g/mol. The molecule has 2 heterocycles. The lowest BCUT2D eigenvalue weighted by Crippen LogP contribution is -2.30. The summed E-state index contributed by atoms with van der Waals surface area (Å²) in [5.41, 5.74) is 5.05. The van der Waals surface area contributed by atoms with Crippen LogP contribution in [0.15, 0.2) is 115 Å². The number of nitrogens with zero attached hydrogens (tertiary/aromatic N) is 3. The van der Waals surface area contributed by atoms with E-state index in [1.54, 1.807) is 6.20 Å². The molecule has 3 aromatic carbocycles. The highest BCUT2D eigenvalue weighted by molar-refractivity contribution is 6.06. The van der Waals surface area contributed by atoms with Gasteiger partial charge in [-0.3, -0.25) is 4.79 Å². The van der Waals surface area contributed by atoms with E-state index in [9.17, 15) is 4.79 Å². The van der Waals surface area contributed by atoms with Crippen LogP contribution in [-0.4, -0.2) is 20.8 Å². The number of pyridine rings is 2. The molecule has 0 saturated heterocycles. The Bertz CT molecular complexity index is 1330. The Labute approximate surface area is 193 Å². The maximum atomic E-state index is 14.0. The van der Waals surface area contributed by atoms with Crippen molar-refractivity contribution in [1.29, 1.82) is 0 Å². The molecule has 0 fully saturated rings. The van der Waals surface area contributed by atoms with E-state index in [-0.39, 0.29) is 5.91 Å². The molecule has 0 aliphatic rings. The van der Waals surface area contributed by atoms with Crippen molar-refractivity contribution in [2.45, 2.75) is 13.1 Å². The number of carbonyl (C=O) groups is 1. The smallest absolute Gasteiger partial charge is 0.255 e. The molecule has 0 bridgehead atoms. The van der Waals surface area contributed by atoms with Gasteiger partial charge in [0.1, 0.15) is 0 Å². The average molecular weight is 430 g/mol. The van der Waals surface area contributed by atoms with Crippen LogP contribution in [-0.2, 0) is 13.1 Å². The highest BCUT2D eigenvalue weighted by Gasteiger charge is 2.21. The number of hydrogen-bond acceptors (Lipinski definition) is 3. The highest BCUT2D eigenvalue weighted by Crippen LogP contribution is 2.26. The van der Waals surface area contributed by atoms with E-state index in [1.165, 1.54) is 0 Å². The summed E-state index contributed by atoms with van der Waals surface area (Å²) in [5, 5.41) is 0.758. The van der Waals surface area contributed by atoms with Gasteiger partial charge >= 0.3 is 0 Å². The van der Waals surface area contributed by atoms with Crippen molar-refractivity contribution in [1.82, 2.24) is 14.9 Å². The maximum Gasteiger partial charge on any atom is 0.255 e. The molecule has 2 aromatic heterocycles. The predicted molar refractivity (Wildman–Crippen MR) is 131 cm³/mol. The largest absolute Gasteiger partial charge is 0.330 e. The summed E-state index contributed by atoms with van der Waals surface area (Å²) in [6.45, 7) is 1.03. The van der Waals surface area contributed by atoms with Crippen molar-refractivity contribution in [3.05, 3.63) is 132 Å². The number of benzene rings is 3. The maximum absolute atomic E-state index is 14.0. The van der Waals surface area contributed by atoms with Crippen LogP contribution in [0.25, 0.3) is 22.3 Å². The van der Waals surface area contributed by atoms with Crippen molar-refractivity contribution >= 4 is 16.9 Å². The van der Waals surface area contributed by atoms with Crippen molar-refractivity contribution < 1.29 is 4.79 Å². The minimum absolute atomic E-state index is 0.0414. The summed E-state index contributed by atoms with van der Waals surface area (Å²) in [7, 11) is 0. The number of aromatic nitrogens is 2. The van der Waals surface area contributed by atoms with Crippen LogP contribution in [0.1, 0.15) is 21.5 Å². The molecule has 0 unspecified atom stereocenters. The molecule has 5 aromatic rings. The summed E-state index contributed by atoms with van der Waals surface area (Å²) < 4.78 is 0. The van der Waals surface area contributed by atoms with Crippen LogP contribution in [0.5, 0.6) is 0 Å². The van der Waals surface area contributed by atoms with Crippen molar-refractivity contribution in [2.24, 2.45) is 0 Å². The molecule has 0 atom stereocenters. The van der Waals surface area contributed by atoms with Gasteiger partial charge in [0.25, 0.3) is 5.91 Å². The van der Waals surface area contributed by atoms with Gasteiger partial charge in [-0.1, -0.05) is 91.0 Å². The molecular formula is C29H23N3O. The number of hydrogen-bond donors (Lipinski definition) is 0. The first-order chi connectivity index (χ1) is 16.3. The van der Waals surface area contributed by atoms with Crippen LogP contribution >= 0.6 is 0 Å². The third-order valence-corrected chi connectivity index (χ3v) is 5.60. The normalized spacial score (nSPS) is 10.8. The van der Waals surface area contributed by atoms with Gasteiger partial charge in [0.15, 0.2) is 5.65 Å². The molecule has 4 nitrogen and oxygen atoms in total. The van der Waals surface area contributed by atoms with Gasteiger partial charge in [0.2, 0.25) is 0 Å². The Kier molecular flexibility index (Phi) is 5.89. The Morgan fingerprint density at radius 2 is 1.27 bits per heavy atom. The Balaban J connectivity index is 1.60. The van der Waals surface area contributed by atoms with E-state index in [0.29, 0.717) is 24.3 Å². The molecule has 160 valence electrons. The number of amides is 1. The molecular weight excluding hydrogens is 406 g/mol. The van der Waals surface area contributed by atoms with Crippen molar-refractivity contribution in [2.75, 3.05) is 0 Å². The molecule has 0 N–H and O–H groups in total. The van der Waals surface area contributed by atoms with Gasteiger partial charge in [-0.2, -0.15) is 0 Å². The molecule has 5 rings (SSSR count). The van der Waals surface area contributed by atoms with E-state index in [1.807, 2.05) is 114 Å². The average Bonchev–Trinajstić information content (AvgIpc) is 2.89. The van der Waals surface area contributed by atoms with Crippen LogP contribution < -0.4 is 0 Å². The van der Waals surface area contributed by atoms with Gasteiger partial charge in [-0.15, -0.1) is 0 Å². The molecule has 0 saturated carbocycles.